The molecule has 2 aliphatic heterocycles. The highest BCUT2D eigenvalue weighted by molar-refractivity contribution is 5.64. The van der Waals surface area contributed by atoms with Crippen molar-refractivity contribution in [1.82, 2.24) is 24.8 Å². The van der Waals surface area contributed by atoms with E-state index in [9.17, 15) is 0 Å². The van der Waals surface area contributed by atoms with Crippen molar-refractivity contribution in [1.29, 1.82) is 0 Å². The van der Waals surface area contributed by atoms with E-state index in [1.165, 1.54) is 11.1 Å². The number of nitrogens with zero attached hydrogens (tertiary/aromatic N) is 5. The van der Waals surface area contributed by atoms with Gasteiger partial charge in [-0.3, -0.25) is 14.9 Å². The molecular formula is C25H21N5O2. The SMILES string of the molecule is c1cncc(-c2ncc3c(n2)CCN(Cc2ccc(-c4ccc5c(c4)OCO5)nc2)C3)c1. The first kappa shape index (κ1) is 18.9. The molecule has 32 heavy (non-hydrogen) atoms. The second-order valence-electron chi connectivity index (χ2n) is 7.99. The number of pyridine rings is 2. The summed E-state index contributed by atoms with van der Waals surface area (Å²) in [6, 6.07) is 14.0. The number of hydrogen-bond acceptors (Lipinski definition) is 7. The summed E-state index contributed by atoms with van der Waals surface area (Å²) < 4.78 is 10.9. The number of rotatable bonds is 4. The van der Waals surface area contributed by atoms with Crippen LogP contribution in [0.3, 0.4) is 0 Å². The average Bonchev–Trinajstić information content (AvgIpc) is 3.33. The minimum atomic E-state index is 0.278. The Bertz CT molecular complexity index is 1260. The van der Waals surface area contributed by atoms with Crippen molar-refractivity contribution in [3.8, 4) is 34.1 Å². The minimum absolute atomic E-state index is 0.278. The lowest BCUT2D eigenvalue weighted by atomic mass is 10.1. The van der Waals surface area contributed by atoms with Gasteiger partial charge in [0, 0.05) is 67.5 Å². The van der Waals surface area contributed by atoms with Crippen LogP contribution in [0.15, 0.2) is 67.3 Å². The molecule has 0 radical (unpaired) electrons. The van der Waals surface area contributed by atoms with Crippen LogP contribution in [0.2, 0.25) is 0 Å². The lowest BCUT2D eigenvalue weighted by molar-refractivity contribution is 0.174. The first-order chi connectivity index (χ1) is 15.8. The van der Waals surface area contributed by atoms with Gasteiger partial charge in [-0.25, -0.2) is 9.97 Å². The Labute approximate surface area is 185 Å². The van der Waals surface area contributed by atoms with Gasteiger partial charge in [-0.15, -0.1) is 0 Å². The van der Waals surface area contributed by atoms with Gasteiger partial charge in [0.05, 0.1) is 11.4 Å². The van der Waals surface area contributed by atoms with E-state index in [1.807, 2.05) is 42.7 Å². The van der Waals surface area contributed by atoms with Crippen LogP contribution in [0.25, 0.3) is 22.6 Å². The van der Waals surface area contributed by atoms with Gasteiger partial charge in [-0.05, 0) is 42.0 Å². The highest BCUT2D eigenvalue weighted by Gasteiger charge is 2.19. The van der Waals surface area contributed by atoms with Crippen molar-refractivity contribution >= 4 is 0 Å². The maximum absolute atomic E-state index is 5.48. The normalized spacial score (nSPS) is 14.9. The molecule has 3 aromatic heterocycles. The molecule has 5 heterocycles. The van der Waals surface area contributed by atoms with Crippen LogP contribution in [0.1, 0.15) is 16.8 Å². The quantitative estimate of drug-likeness (QED) is 0.493. The molecule has 4 aromatic rings. The van der Waals surface area contributed by atoms with Gasteiger partial charge in [0.15, 0.2) is 17.3 Å². The third-order valence-corrected chi connectivity index (χ3v) is 5.83. The van der Waals surface area contributed by atoms with Crippen LogP contribution in [0.4, 0.5) is 0 Å². The molecule has 2 aliphatic rings. The van der Waals surface area contributed by atoms with E-state index < -0.39 is 0 Å². The monoisotopic (exact) mass is 423 g/mol. The average molecular weight is 423 g/mol. The van der Waals surface area contributed by atoms with Crippen molar-refractivity contribution in [3.63, 3.8) is 0 Å². The van der Waals surface area contributed by atoms with Crippen LogP contribution < -0.4 is 9.47 Å². The zero-order chi connectivity index (χ0) is 21.3. The van der Waals surface area contributed by atoms with Crippen LogP contribution in [-0.4, -0.2) is 38.2 Å². The van der Waals surface area contributed by atoms with Gasteiger partial charge in [0.1, 0.15) is 0 Å². The maximum Gasteiger partial charge on any atom is 0.231 e. The molecule has 0 unspecified atom stereocenters. The Morgan fingerprint density at radius 1 is 0.906 bits per heavy atom. The van der Waals surface area contributed by atoms with E-state index in [1.54, 1.807) is 12.4 Å². The first-order valence-electron chi connectivity index (χ1n) is 10.6. The summed E-state index contributed by atoms with van der Waals surface area (Å²) in [7, 11) is 0. The van der Waals surface area contributed by atoms with Crippen molar-refractivity contribution in [2.45, 2.75) is 19.5 Å². The summed E-state index contributed by atoms with van der Waals surface area (Å²) in [6.07, 6.45) is 8.39. The maximum atomic E-state index is 5.48. The molecule has 0 atom stereocenters. The Kier molecular flexibility index (Phi) is 4.73. The molecule has 0 saturated carbocycles. The molecule has 0 spiro atoms. The predicted molar refractivity (Wildman–Crippen MR) is 119 cm³/mol. The molecule has 0 amide bonds. The standard InChI is InChI=1S/C25H21N5O2/c1-2-19(12-26-8-1)25-28-13-20-15-30(9-7-22(20)29-25)14-17-3-5-21(27-11-17)18-4-6-23-24(10-18)32-16-31-23/h1-6,8,10-13H,7,9,14-16H2. The van der Waals surface area contributed by atoms with Gasteiger partial charge in [-0.1, -0.05) is 6.07 Å². The number of fused-ring (bicyclic) bond motifs is 2. The van der Waals surface area contributed by atoms with Crippen molar-refractivity contribution in [3.05, 3.63) is 84.1 Å². The first-order valence-corrected chi connectivity index (χ1v) is 10.6. The lowest BCUT2D eigenvalue weighted by Gasteiger charge is -2.28. The summed E-state index contributed by atoms with van der Waals surface area (Å²) in [5.74, 6) is 2.30. The number of aromatic nitrogens is 4. The van der Waals surface area contributed by atoms with Crippen molar-refractivity contribution < 1.29 is 9.47 Å². The molecule has 7 nitrogen and oxygen atoms in total. The smallest absolute Gasteiger partial charge is 0.231 e. The second kappa shape index (κ2) is 8.01. The Morgan fingerprint density at radius 2 is 1.88 bits per heavy atom. The largest absolute Gasteiger partial charge is 0.454 e. The minimum Gasteiger partial charge on any atom is -0.454 e. The van der Waals surface area contributed by atoms with Crippen LogP contribution >= 0.6 is 0 Å². The molecule has 0 saturated heterocycles. The molecule has 0 aliphatic carbocycles. The summed E-state index contributed by atoms with van der Waals surface area (Å²) >= 11 is 0. The van der Waals surface area contributed by atoms with Crippen LogP contribution in [0, 0.1) is 0 Å². The molecule has 1 aromatic carbocycles. The molecule has 6 rings (SSSR count). The molecule has 0 bridgehead atoms. The van der Waals surface area contributed by atoms with E-state index in [0.717, 1.165) is 65.9 Å². The van der Waals surface area contributed by atoms with E-state index >= 15 is 0 Å². The number of hydrogen-bond donors (Lipinski definition) is 0. The van der Waals surface area contributed by atoms with Gasteiger partial charge >= 0.3 is 0 Å². The molecule has 158 valence electrons. The van der Waals surface area contributed by atoms with Gasteiger partial charge in [-0.2, -0.15) is 0 Å². The number of ether oxygens (including phenoxy) is 2. The van der Waals surface area contributed by atoms with Crippen molar-refractivity contribution in [2.24, 2.45) is 0 Å². The van der Waals surface area contributed by atoms with Crippen molar-refractivity contribution in [2.75, 3.05) is 13.3 Å². The molecular weight excluding hydrogens is 402 g/mol. The fraction of sp³-hybridized carbons (Fsp3) is 0.200. The zero-order valence-corrected chi connectivity index (χ0v) is 17.4. The predicted octanol–water partition coefficient (Wildman–Crippen LogP) is 3.89. The fourth-order valence-electron chi connectivity index (χ4n) is 4.15. The van der Waals surface area contributed by atoms with E-state index in [0.29, 0.717) is 0 Å². The van der Waals surface area contributed by atoms with E-state index in [2.05, 4.69) is 32.0 Å². The highest BCUT2D eigenvalue weighted by atomic mass is 16.7. The second-order valence-corrected chi connectivity index (χ2v) is 7.99. The zero-order valence-electron chi connectivity index (χ0n) is 17.4. The Balaban J connectivity index is 1.14. The van der Waals surface area contributed by atoms with Crippen LogP contribution in [0.5, 0.6) is 11.5 Å². The summed E-state index contributed by atoms with van der Waals surface area (Å²) in [5, 5.41) is 0. The van der Waals surface area contributed by atoms with E-state index in [4.69, 9.17) is 14.5 Å². The third-order valence-electron chi connectivity index (χ3n) is 5.83. The summed E-state index contributed by atoms with van der Waals surface area (Å²) in [5.41, 5.74) is 6.40. The summed E-state index contributed by atoms with van der Waals surface area (Å²) in [4.78, 5) is 20.6. The lowest BCUT2D eigenvalue weighted by Crippen LogP contribution is -2.31. The molecule has 0 N–H and O–H groups in total. The third kappa shape index (κ3) is 3.67. The molecule has 7 heteroatoms. The van der Waals surface area contributed by atoms with Gasteiger partial charge < -0.3 is 9.47 Å². The topological polar surface area (TPSA) is 73.3 Å². The Morgan fingerprint density at radius 3 is 2.75 bits per heavy atom. The highest BCUT2D eigenvalue weighted by Crippen LogP contribution is 2.35. The van der Waals surface area contributed by atoms with Gasteiger partial charge in [0.25, 0.3) is 0 Å². The molecule has 0 fully saturated rings. The Hall–Kier alpha value is -3.84. The van der Waals surface area contributed by atoms with E-state index in [-0.39, 0.29) is 6.79 Å². The summed E-state index contributed by atoms with van der Waals surface area (Å²) in [6.45, 7) is 2.92. The number of benzene rings is 1. The van der Waals surface area contributed by atoms with Gasteiger partial charge in [0.2, 0.25) is 6.79 Å². The van der Waals surface area contributed by atoms with Crippen LogP contribution in [-0.2, 0) is 19.5 Å². The fourth-order valence-corrected chi connectivity index (χ4v) is 4.15.